The van der Waals surface area contributed by atoms with Gasteiger partial charge in [0.1, 0.15) is 12.0 Å². The van der Waals surface area contributed by atoms with Gasteiger partial charge in [-0.3, -0.25) is 0 Å². The molecule has 11 heavy (non-hydrogen) atoms. The van der Waals surface area contributed by atoms with E-state index in [2.05, 4.69) is 30.8 Å². The third-order valence-corrected chi connectivity index (χ3v) is 1.70. The summed E-state index contributed by atoms with van der Waals surface area (Å²) in [7, 11) is 0. The van der Waals surface area contributed by atoms with E-state index in [9.17, 15) is 0 Å². The van der Waals surface area contributed by atoms with E-state index in [-0.39, 0.29) is 5.41 Å². The molecule has 1 unspecified atom stereocenters. The highest BCUT2D eigenvalue weighted by atomic mass is 15.1. The lowest BCUT2D eigenvalue weighted by Gasteiger charge is -2.27. The van der Waals surface area contributed by atoms with Crippen LogP contribution in [-0.2, 0) is 0 Å². The van der Waals surface area contributed by atoms with Crippen molar-refractivity contribution in [3.05, 3.63) is 0 Å². The zero-order valence-electron chi connectivity index (χ0n) is 7.55. The molecule has 0 aliphatic carbocycles. The lowest BCUT2D eigenvalue weighted by Crippen LogP contribution is -2.46. The summed E-state index contributed by atoms with van der Waals surface area (Å²) in [5, 5.41) is 0. The lowest BCUT2D eigenvalue weighted by atomic mass is 9.84. The molecule has 1 rings (SSSR count). The van der Waals surface area contributed by atoms with Gasteiger partial charge in [-0.15, -0.1) is 0 Å². The van der Waals surface area contributed by atoms with Crippen LogP contribution in [-0.4, -0.2) is 17.7 Å². The maximum Gasteiger partial charge on any atom is 0.146 e. The fourth-order valence-corrected chi connectivity index (χ4v) is 1.35. The first-order chi connectivity index (χ1) is 4.84. The molecule has 1 heterocycles. The van der Waals surface area contributed by atoms with Gasteiger partial charge in [0.2, 0.25) is 0 Å². The van der Waals surface area contributed by atoms with Crippen molar-refractivity contribution in [1.29, 1.82) is 0 Å². The second kappa shape index (κ2) is 2.14. The van der Waals surface area contributed by atoms with Crippen molar-refractivity contribution in [1.82, 2.24) is 0 Å². The molecule has 0 aromatic heterocycles. The van der Waals surface area contributed by atoms with E-state index >= 15 is 0 Å². The highest BCUT2D eigenvalue weighted by Gasteiger charge is 2.35. The van der Waals surface area contributed by atoms with Crippen molar-refractivity contribution in [2.24, 2.45) is 21.1 Å². The fourth-order valence-electron chi connectivity index (χ4n) is 1.35. The quantitative estimate of drug-likeness (QED) is 0.558. The SMILES string of the molecule is CC(C)(C)C1=NC=NC1(C)N. The average Bonchev–Trinajstić information content (AvgIpc) is 2.06. The molecule has 0 saturated carbocycles. The van der Waals surface area contributed by atoms with E-state index in [1.54, 1.807) is 6.34 Å². The Balaban J connectivity index is 2.94. The monoisotopic (exact) mass is 153 g/mol. The van der Waals surface area contributed by atoms with Crippen LogP contribution in [0.3, 0.4) is 0 Å². The summed E-state index contributed by atoms with van der Waals surface area (Å²) in [5.74, 6) is 0. The normalized spacial score (nSPS) is 30.8. The summed E-state index contributed by atoms with van der Waals surface area (Å²) >= 11 is 0. The molecule has 1 atom stereocenters. The van der Waals surface area contributed by atoms with E-state index in [0.29, 0.717) is 0 Å². The van der Waals surface area contributed by atoms with E-state index in [0.717, 1.165) is 5.71 Å². The van der Waals surface area contributed by atoms with Gasteiger partial charge in [0.05, 0.1) is 5.71 Å². The van der Waals surface area contributed by atoms with E-state index < -0.39 is 5.66 Å². The summed E-state index contributed by atoms with van der Waals surface area (Å²) in [6.07, 6.45) is 1.54. The Kier molecular flexibility index (Phi) is 1.63. The molecule has 0 bridgehead atoms. The number of hydrogen-bond donors (Lipinski definition) is 1. The zero-order valence-corrected chi connectivity index (χ0v) is 7.55. The molecule has 3 heteroatoms. The second-order valence-corrected chi connectivity index (χ2v) is 4.12. The third kappa shape index (κ3) is 1.48. The largest absolute Gasteiger partial charge is 0.303 e. The van der Waals surface area contributed by atoms with Crippen molar-refractivity contribution < 1.29 is 0 Å². The summed E-state index contributed by atoms with van der Waals surface area (Å²) in [5.41, 5.74) is 6.26. The van der Waals surface area contributed by atoms with Gasteiger partial charge in [0.15, 0.2) is 0 Å². The van der Waals surface area contributed by atoms with Crippen LogP contribution in [0.2, 0.25) is 0 Å². The predicted molar refractivity (Wildman–Crippen MR) is 48.0 cm³/mol. The van der Waals surface area contributed by atoms with Crippen molar-refractivity contribution in [2.75, 3.05) is 0 Å². The first-order valence-electron chi connectivity index (χ1n) is 3.75. The third-order valence-electron chi connectivity index (χ3n) is 1.70. The summed E-state index contributed by atoms with van der Waals surface area (Å²) < 4.78 is 0. The first-order valence-corrected chi connectivity index (χ1v) is 3.75. The van der Waals surface area contributed by atoms with Crippen LogP contribution in [0.4, 0.5) is 0 Å². The molecule has 0 aromatic rings. The van der Waals surface area contributed by atoms with Gasteiger partial charge in [-0.25, -0.2) is 9.98 Å². The highest BCUT2D eigenvalue weighted by Crippen LogP contribution is 2.26. The molecule has 1 aliphatic rings. The molecule has 0 aromatic carbocycles. The Labute approximate surface area is 67.4 Å². The maximum absolute atomic E-state index is 5.88. The molecule has 0 radical (unpaired) electrons. The van der Waals surface area contributed by atoms with Crippen molar-refractivity contribution in [3.63, 3.8) is 0 Å². The minimum Gasteiger partial charge on any atom is -0.303 e. The van der Waals surface area contributed by atoms with Crippen molar-refractivity contribution in [2.45, 2.75) is 33.4 Å². The molecule has 3 nitrogen and oxygen atoms in total. The van der Waals surface area contributed by atoms with E-state index in [1.165, 1.54) is 0 Å². The molecule has 0 amide bonds. The van der Waals surface area contributed by atoms with Crippen LogP contribution in [0.5, 0.6) is 0 Å². The van der Waals surface area contributed by atoms with Crippen LogP contribution in [0.15, 0.2) is 9.98 Å². The van der Waals surface area contributed by atoms with Crippen molar-refractivity contribution >= 4 is 12.1 Å². The average molecular weight is 153 g/mol. The Morgan fingerprint density at radius 1 is 1.45 bits per heavy atom. The standard InChI is InChI=1S/C8H15N3/c1-7(2,3)6-8(4,9)11-5-10-6/h5H,9H2,1-4H3. The lowest BCUT2D eigenvalue weighted by molar-refractivity contribution is 0.525. The Bertz CT molecular complexity index is 218. The van der Waals surface area contributed by atoms with Gasteiger partial charge in [0.25, 0.3) is 0 Å². The van der Waals surface area contributed by atoms with Gasteiger partial charge in [-0.1, -0.05) is 20.8 Å². The summed E-state index contributed by atoms with van der Waals surface area (Å²) in [4.78, 5) is 8.22. The first kappa shape index (κ1) is 8.40. The molecule has 1 aliphatic heterocycles. The van der Waals surface area contributed by atoms with E-state index in [1.807, 2.05) is 6.92 Å². The van der Waals surface area contributed by atoms with Crippen LogP contribution in [0, 0.1) is 5.41 Å². The highest BCUT2D eigenvalue weighted by molar-refractivity contribution is 6.04. The molecule has 0 saturated heterocycles. The topological polar surface area (TPSA) is 50.7 Å². The second-order valence-electron chi connectivity index (χ2n) is 4.12. The molecule has 0 spiro atoms. The Morgan fingerprint density at radius 3 is 2.18 bits per heavy atom. The minimum atomic E-state index is -0.585. The number of aliphatic imine (C=N–C) groups is 2. The summed E-state index contributed by atoms with van der Waals surface area (Å²) in [6.45, 7) is 8.14. The Morgan fingerprint density at radius 2 is 2.00 bits per heavy atom. The van der Waals surface area contributed by atoms with Gasteiger partial charge >= 0.3 is 0 Å². The van der Waals surface area contributed by atoms with E-state index in [4.69, 9.17) is 5.73 Å². The van der Waals surface area contributed by atoms with Crippen LogP contribution >= 0.6 is 0 Å². The van der Waals surface area contributed by atoms with Gasteiger partial charge in [-0.2, -0.15) is 0 Å². The number of hydrogen-bond acceptors (Lipinski definition) is 3. The molecule has 0 fully saturated rings. The minimum absolute atomic E-state index is 0.0139. The molecule has 62 valence electrons. The zero-order chi connectivity index (χ0) is 8.70. The molecular formula is C8H15N3. The smallest absolute Gasteiger partial charge is 0.146 e. The van der Waals surface area contributed by atoms with Gasteiger partial charge in [0, 0.05) is 5.41 Å². The molecule has 2 N–H and O–H groups in total. The van der Waals surface area contributed by atoms with Crippen LogP contribution in [0.1, 0.15) is 27.7 Å². The van der Waals surface area contributed by atoms with Gasteiger partial charge < -0.3 is 5.73 Å². The van der Waals surface area contributed by atoms with Gasteiger partial charge in [-0.05, 0) is 6.92 Å². The predicted octanol–water partition coefficient (Wildman–Crippen LogP) is 1.19. The number of nitrogens with zero attached hydrogens (tertiary/aromatic N) is 2. The number of nitrogens with two attached hydrogens (primary N) is 1. The Hall–Kier alpha value is -0.700. The number of rotatable bonds is 0. The van der Waals surface area contributed by atoms with Crippen LogP contribution in [0.25, 0.3) is 0 Å². The summed E-state index contributed by atoms with van der Waals surface area (Å²) in [6, 6.07) is 0. The molecular weight excluding hydrogens is 138 g/mol. The van der Waals surface area contributed by atoms with Crippen molar-refractivity contribution in [3.8, 4) is 0 Å². The maximum atomic E-state index is 5.88. The van der Waals surface area contributed by atoms with Crippen LogP contribution < -0.4 is 5.73 Å². The fraction of sp³-hybridized carbons (Fsp3) is 0.750.